The fourth-order valence-electron chi connectivity index (χ4n) is 2.21. The summed E-state index contributed by atoms with van der Waals surface area (Å²) >= 11 is 0. The smallest absolute Gasteiger partial charge is 0.221 e. The molecule has 0 aliphatic carbocycles. The Morgan fingerprint density at radius 1 is 1.47 bits per heavy atom. The third kappa shape index (κ3) is 2.97. The molecule has 1 aliphatic rings. The number of rotatable bonds is 3. The first kappa shape index (κ1) is 11.9. The number of nitrogen functional groups attached to an aromatic ring is 1. The van der Waals surface area contributed by atoms with E-state index in [0.717, 1.165) is 31.7 Å². The number of carbonyl (C=O) groups is 1. The van der Waals surface area contributed by atoms with E-state index in [1.807, 2.05) is 12.1 Å². The van der Waals surface area contributed by atoms with Crippen LogP contribution >= 0.6 is 0 Å². The summed E-state index contributed by atoms with van der Waals surface area (Å²) < 4.78 is 0. The Kier molecular flexibility index (Phi) is 3.64. The number of hydrogen-bond donors (Lipinski definition) is 2. The number of amides is 1. The lowest BCUT2D eigenvalue weighted by Crippen LogP contribution is -2.33. The highest BCUT2D eigenvalue weighted by molar-refractivity contribution is 5.75. The molecule has 0 bridgehead atoms. The Labute approximate surface area is 102 Å². The van der Waals surface area contributed by atoms with Crippen LogP contribution in [0.4, 0.5) is 5.69 Å². The van der Waals surface area contributed by atoms with Crippen molar-refractivity contribution >= 4 is 11.6 Å². The molecule has 2 rings (SSSR count). The first-order valence-corrected chi connectivity index (χ1v) is 5.99. The van der Waals surface area contributed by atoms with Crippen LogP contribution < -0.4 is 11.1 Å². The van der Waals surface area contributed by atoms with Crippen molar-refractivity contribution in [3.05, 3.63) is 29.3 Å². The van der Waals surface area contributed by atoms with Gasteiger partial charge in [-0.3, -0.25) is 9.69 Å². The fourth-order valence-corrected chi connectivity index (χ4v) is 2.21. The van der Waals surface area contributed by atoms with E-state index in [1.165, 1.54) is 11.1 Å². The van der Waals surface area contributed by atoms with Crippen LogP contribution in [0.3, 0.4) is 0 Å². The molecule has 0 aromatic heterocycles. The Morgan fingerprint density at radius 2 is 2.29 bits per heavy atom. The van der Waals surface area contributed by atoms with Gasteiger partial charge >= 0.3 is 0 Å². The Hall–Kier alpha value is -1.55. The summed E-state index contributed by atoms with van der Waals surface area (Å²) in [6.45, 7) is 2.74. The summed E-state index contributed by atoms with van der Waals surface area (Å²) in [5.74, 6) is 0.100. The van der Waals surface area contributed by atoms with Gasteiger partial charge in [-0.2, -0.15) is 0 Å². The number of nitrogens with one attached hydrogen (secondary N) is 1. The van der Waals surface area contributed by atoms with Crippen LogP contribution in [0.1, 0.15) is 17.5 Å². The van der Waals surface area contributed by atoms with Gasteiger partial charge in [0.15, 0.2) is 0 Å². The fraction of sp³-hybridized carbons (Fsp3) is 0.462. The lowest BCUT2D eigenvalue weighted by Gasteiger charge is -2.28. The predicted molar refractivity (Wildman–Crippen MR) is 68.5 cm³/mol. The van der Waals surface area contributed by atoms with Gasteiger partial charge in [-0.1, -0.05) is 6.07 Å². The van der Waals surface area contributed by atoms with E-state index >= 15 is 0 Å². The van der Waals surface area contributed by atoms with Gasteiger partial charge in [0, 0.05) is 38.8 Å². The van der Waals surface area contributed by atoms with Crippen molar-refractivity contribution in [3.8, 4) is 0 Å². The lowest BCUT2D eigenvalue weighted by atomic mass is 9.99. The number of fused-ring (bicyclic) bond motifs is 1. The molecule has 0 unspecified atom stereocenters. The number of carbonyl (C=O) groups excluding carboxylic acids is 1. The van der Waals surface area contributed by atoms with Crippen molar-refractivity contribution in [1.29, 1.82) is 0 Å². The van der Waals surface area contributed by atoms with E-state index in [-0.39, 0.29) is 5.91 Å². The molecule has 0 radical (unpaired) electrons. The van der Waals surface area contributed by atoms with E-state index in [4.69, 9.17) is 5.73 Å². The monoisotopic (exact) mass is 233 g/mol. The molecule has 17 heavy (non-hydrogen) atoms. The third-order valence-corrected chi connectivity index (χ3v) is 3.26. The molecule has 0 fully saturated rings. The zero-order valence-corrected chi connectivity index (χ0v) is 10.2. The topological polar surface area (TPSA) is 58.4 Å². The van der Waals surface area contributed by atoms with Crippen LogP contribution in [0.5, 0.6) is 0 Å². The molecule has 0 atom stereocenters. The van der Waals surface area contributed by atoms with Crippen LogP contribution in [0.25, 0.3) is 0 Å². The third-order valence-electron chi connectivity index (χ3n) is 3.26. The average Bonchev–Trinajstić information content (AvgIpc) is 2.35. The zero-order chi connectivity index (χ0) is 12.3. The maximum atomic E-state index is 11.2. The molecule has 4 nitrogen and oxygen atoms in total. The Balaban J connectivity index is 1.96. The minimum Gasteiger partial charge on any atom is -0.399 e. The van der Waals surface area contributed by atoms with Crippen molar-refractivity contribution in [1.82, 2.24) is 10.2 Å². The van der Waals surface area contributed by atoms with E-state index < -0.39 is 0 Å². The molecule has 0 saturated carbocycles. The SMILES string of the molecule is CNC(=O)CCN1CCc2ccc(N)cc2C1. The summed E-state index contributed by atoms with van der Waals surface area (Å²) in [6, 6.07) is 6.11. The van der Waals surface area contributed by atoms with Crippen molar-refractivity contribution in [2.24, 2.45) is 0 Å². The molecular formula is C13H19N3O. The highest BCUT2D eigenvalue weighted by Crippen LogP contribution is 2.21. The molecule has 1 aromatic rings. The van der Waals surface area contributed by atoms with Crippen LogP contribution in [0.2, 0.25) is 0 Å². The van der Waals surface area contributed by atoms with Crippen molar-refractivity contribution in [2.75, 3.05) is 25.9 Å². The number of hydrogen-bond acceptors (Lipinski definition) is 3. The quantitative estimate of drug-likeness (QED) is 0.758. The number of anilines is 1. The van der Waals surface area contributed by atoms with E-state index in [2.05, 4.69) is 16.3 Å². The van der Waals surface area contributed by atoms with Gasteiger partial charge in [0.05, 0.1) is 0 Å². The number of benzene rings is 1. The summed E-state index contributed by atoms with van der Waals surface area (Å²) in [5.41, 5.74) is 9.29. The van der Waals surface area contributed by atoms with Crippen molar-refractivity contribution in [3.63, 3.8) is 0 Å². The zero-order valence-electron chi connectivity index (χ0n) is 10.2. The van der Waals surface area contributed by atoms with Crippen LogP contribution in [0, 0.1) is 0 Å². The number of nitrogens with two attached hydrogens (primary N) is 1. The summed E-state index contributed by atoms with van der Waals surface area (Å²) in [5, 5.41) is 2.65. The van der Waals surface area contributed by atoms with Crippen LogP contribution in [-0.4, -0.2) is 30.9 Å². The Bertz CT molecular complexity index is 417. The molecule has 1 aliphatic heterocycles. The van der Waals surface area contributed by atoms with Crippen molar-refractivity contribution < 1.29 is 4.79 Å². The lowest BCUT2D eigenvalue weighted by molar-refractivity contribution is -0.121. The van der Waals surface area contributed by atoms with E-state index in [0.29, 0.717) is 6.42 Å². The minimum absolute atomic E-state index is 0.100. The normalized spacial score (nSPS) is 15.4. The summed E-state index contributed by atoms with van der Waals surface area (Å²) in [6.07, 6.45) is 1.61. The molecule has 0 spiro atoms. The Morgan fingerprint density at radius 3 is 3.06 bits per heavy atom. The van der Waals surface area contributed by atoms with Gasteiger partial charge in [-0.05, 0) is 29.7 Å². The summed E-state index contributed by atoms with van der Waals surface area (Å²) in [7, 11) is 1.68. The van der Waals surface area contributed by atoms with Gasteiger partial charge in [0.25, 0.3) is 0 Å². The molecule has 92 valence electrons. The molecule has 1 heterocycles. The molecule has 4 heteroatoms. The van der Waals surface area contributed by atoms with Gasteiger partial charge < -0.3 is 11.1 Å². The highest BCUT2D eigenvalue weighted by atomic mass is 16.1. The maximum Gasteiger partial charge on any atom is 0.221 e. The minimum atomic E-state index is 0.100. The van der Waals surface area contributed by atoms with Gasteiger partial charge in [-0.25, -0.2) is 0 Å². The first-order valence-electron chi connectivity index (χ1n) is 5.99. The maximum absolute atomic E-state index is 11.2. The van der Waals surface area contributed by atoms with Crippen molar-refractivity contribution in [2.45, 2.75) is 19.4 Å². The van der Waals surface area contributed by atoms with Gasteiger partial charge in [0.1, 0.15) is 0 Å². The second-order valence-electron chi connectivity index (χ2n) is 4.48. The second kappa shape index (κ2) is 5.19. The standard InChI is InChI=1S/C13H19N3O/c1-15-13(17)5-7-16-6-4-10-2-3-12(14)8-11(10)9-16/h2-3,8H,4-7,9,14H2,1H3,(H,15,17). The molecule has 3 N–H and O–H groups in total. The second-order valence-corrected chi connectivity index (χ2v) is 4.48. The van der Waals surface area contributed by atoms with Gasteiger partial charge in [0.2, 0.25) is 5.91 Å². The number of nitrogens with zero attached hydrogens (tertiary/aromatic N) is 1. The van der Waals surface area contributed by atoms with E-state index in [1.54, 1.807) is 7.05 Å². The molecule has 1 aromatic carbocycles. The highest BCUT2D eigenvalue weighted by Gasteiger charge is 2.16. The van der Waals surface area contributed by atoms with Crippen LogP contribution in [0.15, 0.2) is 18.2 Å². The molecule has 1 amide bonds. The first-order chi connectivity index (χ1) is 8.19. The van der Waals surface area contributed by atoms with E-state index in [9.17, 15) is 4.79 Å². The van der Waals surface area contributed by atoms with Crippen LogP contribution in [-0.2, 0) is 17.8 Å². The largest absolute Gasteiger partial charge is 0.399 e. The molecular weight excluding hydrogens is 214 g/mol. The molecule has 0 saturated heterocycles. The predicted octanol–water partition coefficient (Wildman–Crippen LogP) is 0.763. The van der Waals surface area contributed by atoms with Gasteiger partial charge in [-0.15, -0.1) is 0 Å². The average molecular weight is 233 g/mol. The summed E-state index contributed by atoms with van der Waals surface area (Å²) in [4.78, 5) is 13.5.